The Morgan fingerprint density at radius 3 is 2.29 bits per heavy atom. The van der Waals surface area contributed by atoms with Gasteiger partial charge in [0.15, 0.2) is 0 Å². The molecule has 0 bridgehead atoms. The van der Waals surface area contributed by atoms with Gasteiger partial charge in [-0.25, -0.2) is 31.9 Å². The van der Waals surface area contributed by atoms with Crippen LogP contribution in [0.1, 0.15) is 17.0 Å². The Bertz CT molecular complexity index is 821. The normalized spacial score (nSPS) is 11.5. The lowest BCUT2D eigenvalue weighted by atomic mass is 10.2. The van der Waals surface area contributed by atoms with Crippen molar-refractivity contribution in [2.75, 3.05) is 19.0 Å². The fourth-order valence-corrected chi connectivity index (χ4v) is 3.13. The molecule has 24 heavy (non-hydrogen) atoms. The van der Waals surface area contributed by atoms with Gasteiger partial charge in [0.2, 0.25) is 16.0 Å². The minimum absolute atomic E-state index is 0.0350. The molecular formula is C15H18F2N4O2S. The SMILES string of the molecule is Cc1cc(CNS(=O)(=O)Cc2cc(F)cc(F)c2)nc(N(C)C)n1. The van der Waals surface area contributed by atoms with Crippen LogP contribution in [0.15, 0.2) is 24.3 Å². The van der Waals surface area contributed by atoms with Crippen LogP contribution in [-0.2, 0) is 22.3 Å². The molecule has 6 nitrogen and oxygen atoms in total. The summed E-state index contributed by atoms with van der Waals surface area (Å²) in [6.07, 6.45) is 0. The molecule has 130 valence electrons. The molecule has 0 atom stereocenters. The lowest BCUT2D eigenvalue weighted by Crippen LogP contribution is -2.26. The van der Waals surface area contributed by atoms with Gasteiger partial charge < -0.3 is 4.90 Å². The molecule has 2 rings (SSSR count). The number of hydrogen-bond acceptors (Lipinski definition) is 5. The molecule has 0 saturated carbocycles. The maximum Gasteiger partial charge on any atom is 0.225 e. The molecule has 1 aromatic carbocycles. The number of aryl methyl sites for hydroxylation is 1. The third-order valence-corrected chi connectivity index (χ3v) is 4.35. The van der Waals surface area contributed by atoms with Gasteiger partial charge in [-0.15, -0.1) is 0 Å². The molecule has 0 fully saturated rings. The molecule has 2 aromatic rings. The molecule has 0 unspecified atom stereocenters. The van der Waals surface area contributed by atoms with Gasteiger partial charge in [-0.3, -0.25) is 0 Å². The monoisotopic (exact) mass is 356 g/mol. The largest absolute Gasteiger partial charge is 0.347 e. The summed E-state index contributed by atoms with van der Waals surface area (Å²) in [5.74, 6) is -1.69. The van der Waals surface area contributed by atoms with Crippen molar-refractivity contribution in [2.24, 2.45) is 0 Å². The van der Waals surface area contributed by atoms with E-state index >= 15 is 0 Å². The van der Waals surface area contributed by atoms with Gasteiger partial charge in [-0.1, -0.05) is 0 Å². The maximum absolute atomic E-state index is 13.1. The van der Waals surface area contributed by atoms with E-state index in [4.69, 9.17) is 0 Å². The zero-order valence-corrected chi connectivity index (χ0v) is 14.4. The van der Waals surface area contributed by atoms with Crippen LogP contribution in [-0.4, -0.2) is 32.5 Å². The Hall–Kier alpha value is -2.13. The minimum atomic E-state index is -3.77. The van der Waals surface area contributed by atoms with Crippen LogP contribution in [0.2, 0.25) is 0 Å². The average Bonchev–Trinajstić information content (AvgIpc) is 2.43. The summed E-state index contributed by atoms with van der Waals surface area (Å²) in [4.78, 5) is 10.2. The van der Waals surface area contributed by atoms with Crippen molar-refractivity contribution in [3.63, 3.8) is 0 Å². The lowest BCUT2D eigenvalue weighted by Gasteiger charge is -2.13. The van der Waals surface area contributed by atoms with E-state index in [1.54, 1.807) is 32.0 Å². The quantitative estimate of drug-likeness (QED) is 0.853. The highest BCUT2D eigenvalue weighted by atomic mass is 32.2. The molecule has 9 heteroatoms. The Morgan fingerprint density at radius 2 is 1.71 bits per heavy atom. The lowest BCUT2D eigenvalue weighted by molar-refractivity contribution is 0.574. The number of anilines is 1. The fraction of sp³-hybridized carbons (Fsp3) is 0.333. The Balaban J connectivity index is 2.10. The highest BCUT2D eigenvalue weighted by molar-refractivity contribution is 7.88. The standard InChI is InChI=1S/C15H18F2N4O2S/c1-10-4-14(20-15(19-10)21(2)3)8-18-24(22,23)9-11-5-12(16)7-13(17)6-11/h4-7,18H,8-9H2,1-3H3. The van der Waals surface area contributed by atoms with E-state index in [-0.39, 0.29) is 12.1 Å². The van der Waals surface area contributed by atoms with E-state index in [2.05, 4.69) is 14.7 Å². The fourth-order valence-electron chi connectivity index (χ4n) is 2.06. The van der Waals surface area contributed by atoms with Gasteiger partial charge in [0.1, 0.15) is 11.6 Å². The van der Waals surface area contributed by atoms with E-state index in [0.717, 1.165) is 12.1 Å². The Kier molecular flexibility index (Phi) is 5.45. The van der Waals surface area contributed by atoms with Gasteiger partial charge in [0, 0.05) is 25.9 Å². The van der Waals surface area contributed by atoms with E-state index < -0.39 is 27.4 Å². The van der Waals surface area contributed by atoms with Crippen molar-refractivity contribution >= 4 is 16.0 Å². The molecule has 1 heterocycles. The van der Waals surface area contributed by atoms with Gasteiger partial charge in [-0.05, 0) is 30.7 Å². The molecule has 0 aliphatic rings. The number of aromatic nitrogens is 2. The molecule has 0 aliphatic carbocycles. The van der Waals surface area contributed by atoms with Crippen molar-refractivity contribution in [3.05, 3.63) is 52.9 Å². The van der Waals surface area contributed by atoms with Crippen LogP contribution in [0.5, 0.6) is 0 Å². The first kappa shape index (κ1) is 18.2. The molecule has 0 amide bonds. The predicted octanol–water partition coefficient (Wildman–Crippen LogP) is 1.75. The summed E-state index contributed by atoms with van der Waals surface area (Å²) in [7, 11) is -0.212. The molecule has 1 aromatic heterocycles. The third-order valence-electron chi connectivity index (χ3n) is 3.05. The van der Waals surface area contributed by atoms with Crippen LogP contribution in [0.4, 0.5) is 14.7 Å². The topological polar surface area (TPSA) is 75.2 Å². The van der Waals surface area contributed by atoms with Crippen molar-refractivity contribution in [3.8, 4) is 0 Å². The van der Waals surface area contributed by atoms with Crippen molar-refractivity contribution < 1.29 is 17.2 Å². The predicted molar refractivity (Wildman–Crippen MR) is 86.9 cm³/mol. The first-order valence-corrected chi connectivity index (χ1v) is 8.74. The number of halogens is 2. The maximum atomic E-state index is 13.1. The molecule has 0 aliphatic heterocycles. The van der Waals surface area contributed by atoms with Crippen LogP contribution in [0, 0.1) is 18.6 Å². The molecular weight excluding hydrogens is 338 g/mol. The summed E-state index contributed by atoms with van der Waals surface area (Å²) in [5.41, 5.74) is 1.24. The average molecular weight is 356 g/mol. The van der Waals surface area contributed by atoms with Crippen molar-refractivity contribution in [1.82, 2.24) is 14.7 Å². The van der Waals surface area contributed by atoms with Crippen molar-refractivity contribution in [1.29, 1.82) is 0 Å². The molecule has 0 spiro atoms. The van der Waals surface area contributed by atoms with E-state index in [1.807, 2.05) is 0 Å². The van der Waals surface area contributed by atoms with Crippen LogP contribution in [0.25, 0.3) is 0 Å². The summed E-state index contributed by atoms with van der Waals surface area (Å²) in [5, 5.41) is 0. The first-order chi connectivity index (χ1) is 11.1. The summed E-state index contributed by atoms with van der Waals surface area (Å²) in [6.45, 7) is 1.74. The molecule has 1 N–H and O–H groups in total. The number of rotatable bonds is 6. The minimum Gasteiger partial charge on any atom is -0.347 e. The van der Waals surface area contributed by atoms with E-state index in [9.17, 15) is 17.2 Å². The highest BCUT2D eigenvalue weighted by Crippen LogP contribution is 2.12. The number of hydrogen-bond donors (Lipinski definition) is 1. The van der Waals surface area contributed by atoms with Gasteiger partial charge >= 0.3 is 0 Å². The summed E-state index contributed by atoms with van der Waals surface area (Å²) < 4.78 is 52.8. The Morgan fingerprint density at radius 1 is 1.08 bits per heavy atom. The molecule has 0 saturated heterocycles. The van der Waals surface area contributed by atoms with Crippen LogP contribution in [0.3, 0.4) is 0 Å². The highest BCUT2D eigenvalue weighted by Gasteiger charge is 2.14. The van der Waals surface area contributed by atoms with Gasteiger partial charge in [0.25, 0.3) is 0 Å². The second-order valence-corrected chi connectivity index (χ2v) is 7.36. The number of sulfonamides is 1. The zero-order valence-electron chi connectivity index (χ0n) is 13.5. The van der Waals surface area contributed by atoms with Gasteiger partial charge in [0.05, 0.1) is 18.0 Å². The number of nitrogens with one attached hydrogen (secondary N) is 1. The zero-order chi connectivity index (χ0) is 17.9. The summed E-state index contributed by atoms with van der Waals surface area (Å²) >= 11 is 0. The second-order valence-electron chi connectivity index (χ2n) is 5.55. The smallest absolute Gasteiger partial charge is 0.225 e. The first-order valence-electron chi connectivity index (χ1n) is 7.09. The van der Waals surface area contributed by atoms with Gasteiger partial charge in [-0.2, -0.15) is 0 Å². The van der Waals surface area contributed by atoms with E-state index in [1.165, 1.54) is 0 Å². The van der Waals surface area contributed by atoms with Crippen molar-refractivity contribution in [2.45, 2.75) is 19.2 Å². The summed E-state index contributed by atoms with van der Waals surface area (Å²) in [6, 6.07) is 4.33. The second kappa shape index (κ2) is 7.18. The Labute approximate surface area is 139 Å². The van der Waals surface area contributed by atoms with E-state index in [0.29, 0.717) is 23.4 Å². The van der Waals surface area contributed by atoms with Crippen LogP contribution >= 0.6 is 0 Å². The number of nitrogens with zero attached hydrogens (tertiary/aromatic N) is 3. The number of benzene rings is 1. The van der Waals surface area contributed by atoms with Crippen LogP contribution < -0.4 is 9.62 Å². The molecule has 0 radical (unpaired) electrons. The third kappa shape index (κ3) is 5.20.